The van der Waals surface area contributed by atoms with Crippen LogP contribution in [0.5, 0.6) is 0 Å². The predicted molar refractivity (Wildman–Crippen MR) is 118 cm³/mol. The van der Waals surface area contributed by atoms with Gasteiger partial charge in [0.15, 0.2) is 9.84 Å². The number of benzene rings is 1. The minimum absolute atomic E-state index is 0.177. The number of anilines is 1. The summed E-state index contributed by atoms with van der Waals surface area (Å²) in [5, 5.41) is 14.4. The van der Waals surface area contributed by atoms with Gasteiger partial charge in [-0.3, -0.25) is 9.78 Å². The summed E-state index contributed by atoms with van der Waals surface area (Å²) in [6.45, 7) is 1.45. The van der Waals surface area contributed by atoms with Gasteiger partial charge in [-0.1, -0.05) is 6.07 Å². The number of hydrogen-bond acceptors (Lipinski definition) is 5. The molecule has 2 aromatic rings. The van der Waals surface area contributed by atoms with Crippen LogP contribution in [0.3, 0.4) is 0 Å². The van der Waals surface area contributed by atoms with Gasteiger partial charge < -0.3 is 10.4 Å². The number of rotatable bonds is 8. The van der Waals surface area contributed by atoms with E-state index in [0.29, 0.717) is 16.9 Å². The second-order valence-corrected chi connectivity index (χ2v) is 11.5. The average molecular weight is 441 g/mol. The van der Waals surface area contributed by atoms with Crippen LogP contribution < -0.4 is 5.32 Å². The monoisotopic (exact) mass is 440 g/mol. The zero-order valence-electron chi connectivity index (χ0n) is 17.7. The quantitative estimate of drug-likeness (QED) is 0.649. The fraction of sp³-hybridized carbons (Fsp3) is 0.500. The molecule has 3 saturated carbocycles. The molecule has 6 nitrogen and oxygen atoms in total. The Morgan fingerprint density at radius 1 is 1.10 bits per heavy atom. The Morgan fingerprint density at radius 2 is 1.77 bits per heavy atom. The first kappa shape index (κ1) is 20.6. The Hall–Kier alpha value is -2.25. The normalized spacial score (nSPS) is 19.3. The number of aliphatic hydroxyl groups is 1. The third-order valence-electron chi connectivity index (χ3n) is 6.72. The van der Waals surface area contributed by atoms with Crippen molar-refractivity contribution in [2.45, 2.75) is 55.9 Å². The fourth-order valence-corrected chi connectivity index (χ4v) is 6.21. The van der Waals surface area contributed by atoms with E-state index in [9.17, 15) is 18.3 Å². The lowest BCUT2D eigenvalue weighted by Crippen LogP contribution is -2.31. The number of carbonyl (C=O) groups excluding carboxylic acids is 1. The lowest BCUT2D eigenvalue weighted by atomic mass is 9.83. The van der Waals surface area contributed by atoms with E-state index in [4.69, 9.17) is 0 Å². The van der Waals surface area contributed by atoms with E-state index in [1.807, 2.05) is 18.2 Å². The number of amides is 1. The largest absolute Gasteiger partial charge is 0.385 e. The maximum Gasteiger partial charge on any atom is 0.221 e. The van der Waals surface area contributed by atoms with Crippen LogP contribution in [0.2, 0.25) is 0 Å². The molecule has 0 spiro atoms. The molecule has 7 heteroatoms. The highest BCUT2D eigenvalue weighted by molar-refractivity contribution is 7.91. The first-order valence-corrected chi connectivity index (χ1v) is 12.8. The molecule has 0 aliphatic heterocycles. The molecule has 1 aromatic heterocycles. The highest BCUT2D eigenvalue weighted by Crippen LogP contribution is 2.57. The minimum Gasteiger partial charge on any atom is -0.385 e. The van der Waals surface area contributed by atoms with E-state index in [0.717, 1.165) is 44.1 Å². The minimum atomic E-state index is -3.33. The molecule has 2 N–H and O–H groups in total. The van der Waals surface area contributed by atoms with Gasteiger partial charge in [0.1, 0.15) is 0 Å². The molecule has 3 aliphatic carbocycles. The third-order valence-corrected chi connectivity index (χ3v) is 8.59. The van der Waals surface area contributed by atoms with Crippen molar-refractivity contribution in [1.82, 2.24) is 4.98 Å². The van der Waals surface area contributed by atoms with Crippen molar-refractivity contribution in [2.75, 3.05) is 11.1 Å². The van der Waals surface area contributed by atoms with E-state index < -0.39 is 15.4 Å². The lowest BCUT2D eigenvalue weighted by molar-refractivity contribution is -0.114. The predicted octanol–water partition coefficient (Wildman–Crippen LogP) is 3.90. The lowest BCUT2D eigenvalue weighted by Gasteiger charge is -2.30. The van der Waals surface area contributed by atoms with Gasteiger partial charge in [0, 0.05) is 18.7 Å². The summed E-state index contributed by atoms with van der Waals surface area (Å²) in [5.41, 5.74) is 1.89. The van der Waals surface area contributed by atoms with Gasteiger partial charge in [0.25, 0.3) is 0 Å². The zero-order valence-corrected chi connectivity index (χ0v) is 18.5. The van der Waals surface area contributed by atoms with E-state index >= 15 is 0 Å². The fourth-order valence-electron chi connectivity index (χ4n) is 4.57. The molecule has 1 amide bonds. The van der Waals surface area contributed by atoms with Crippen LogP contribution in [0.4, 0.5) is 5.69 Å². The molecule has 164 valence electrons. The van der Waals surface area contributed by atoms with Gasteiger partial charge in [0.05, 0.1) is 27.6 Å². The van der Waals surface area contributed by atoms with Crippen molar-refractivity contribution in [3.63, 3.8) is 0 Å². The number of carbonyl (C=O) groups is 1. The molecule has 1 heterocycles. The smallest absolute Gasteiger partial charge is 0.221 e. The van der Waals surface area contributed by atoms with Crippen LogP contribution in [0.25, 0.3) is 11.3 Å². The Bertz CT molecular complexity index is 1100. The molecular formula is C24H28N2O4S. The number of aromatic nitrogens is 1. The molecule has 3 fully saturated rings. The molecule has 3 aliphatic rings. The molecule has 5 rings (SSSR count). The Balaban J connectivity index is 1.52. The van der Waals surface area contributed by atoms with Crippen LogP contribution >= 0.6 is 0 Å². The summed E-state index contributed by atoms with van der Waals surface area (Å²) in [6.07, 6.45) is 7.47. The van der Waals surface area contributed by atoms with Gasteiger partial charge >= 0.3 is 0 Å². The van der Waals surface area contributed by atoms with Gasteiger partial charge in [-0.25, -0.2) is 8.42 Å². The van der Waals surface area contributed by atoms with Crippen molar-refractivity contribution in [3.8, 4) is 11.3 Å². The van der Waals surface area contributed by atoms with Crippen molar-refractivity contribution < 1.29 is 18.3 Å². The van der Waals surface area contributed by atoms with E-state index in [1.165, 1.54) is 13.1 Å². The first-order valence-electron chi connectivity index (χ1n) is 11.1. The molecule has 0 saturated heterocycles. The number of nitrogens with one attached hydrogen (secondary N) is 1. The summed E-state index contributed by atoms with van der Waals surface area (Å²) in [5.74, 6) is 0.813. The molecule has 1 aromatic carbocycles. The Labute approximate surface area is 183 Å². The van der Waals surface area contributed by atoms with Crippen molar-refractivity contribution in [3.05, 3.63) is 42.1 Å². The van der Waals surface area contributed by atoms with E-state index in [1.54, 1.807) is 12.1 Å². The Kier molecular flexibility index (Phi) is 4.94. The van der Waals surface area contributed by atoms with Gasteiger partial charge in [-0.15, -0.1) is 0 Å². The molecular weight excluding hydrogens is 412 g/mol. The van der Waals surface area contributed by atoms with Crippen LogP contribution in [0, 0.1) is 17.8 Å². The SMILES string of the molecule is CC(=O)Nc1ccc(C(O)(C2CC2)C2CC2)cc1-c1ccc(S(=O)(=O)CC2CC2)cn1. The Morgan fingerprint density at radius 3 is 2.29 bits per heavy atom. The average Bonchev–Trinajstić information content (AvgIpc) is 3.57. The molecule has 0 bridgehead atoms. The maximum absolute atomic E-state index is 12.6. The molecule has 0 radical (unpaired) electrons. The van der Waals surface area contributed by atoms with Crippen molar-refractivity contribution >= 4 is 21.4 Å². The van der Waals surface area contributed by atoms with E-state index in [2.05, 4.69) is 10.3 Å². The van der Waals surface area contributed by atoms with Crippen LogP contribution in [0.15, 0.2) is 41.4 Å². The van der Waals surface area contributed by atoms with E-state index in [-0.39, 0.29) is 34.3 Å². The summed E-state index contributed by atoms with van der Waals surface area (Å²) in [6, 6.07) is 8.93. The molecule has 0 unspecified atom stereocenters. The number of nitrogens with zero attached hydrogens (tertiary/aromatic N) is 1. The standard InChI is InChI=1S/C24H28N2O4S/c1-15(27)26-23-10-8-19(24(28,17-4-5-17)18-6-7-18)12-21(23)22-11-9-20(13-25-22)31(29,30)14-16-2-3-16/h8-13,16-18,28H,2-7,14H2,1H3,(H,26,27). The summed E-state index contributed by atoms with van der Waals surface area (Å²) in [7, 11) is -3.33. The van der Waals surface area contributed by atoms with Gasteiger partial charge in [0.2, 0.25) is 5.91 Å². The van der Waals surface area contributed by atoms with Crippen molar-refractivity contribution in [2.24, 2.45) is 17.8 Å². The van der Waals surface area contributed by atoms with Crippen LogP contribution in [0.1, 0.15) is 51.0 Å². The van der Waals surface area contributed by atoms with Gasteiger partial charge in [-0.2, -0.15) is 0 Å². The molecule has 31 heavy (non-hydrogen) atoms. The van der Waals surface area contributed by atoms with Crippen molar-refractivity contribution in [1.29, 1.82) is 0 Å². The summed E-state index contributed by atoms with van der Waals surface area (Å²) >= 11 is 0. The summed E-state index contributed by atoms with van der Waals surface area (Å²) < 4.78 is 25.1. The second-order valence-electron chi connectivity index (χ2n) is 9.42. The topological polar surface area (TPSA) is 96.4 Å². The first-order chi connectivity index (χ1) is 14.8. The molecule has 0 atom stereocenters. The number of pyridine rings is 1. The van der Waals surface area contributed by atoms with Gasteiger partial charge in [-0.05, 0) is 86.1 Å². The highest BCUT2D eigenvalue weighted by atomic mass is 32.2. The third kappa shape index (κ3) is 4.13. The summed E-state index contributed by atoms with van der Waals surface area (Å²) in [4.78, 5) is 16.4. The maximum atomic E-state index is 12.6. The zero-order chi connectivity index (χ0) is 21.8. The highest BCUT2D eigenvalue weighted by Gasteiger charge is 2.54. The van der Waals surface area contributed by atoms with Crippen LogP contribution in [-0.2, 0) is 20.2 Å². The second kappa shape index (κ2) is 7.41. The number of hydrogen-bond donors (Lipinski definition) is 2. The number of sulfone groups is 1. The van der Waals surface area contributed by atoms with Crippen LogP contribution in [-0.4, -0.2) is 30.2 Å².